The van der Waals surface area contributed by atoms with Crippen LogP contribution in [0.25, 0.3) is 0 Å². The number of nitrogens with two attached hydrogens (primary N) is 1. The van der Waals surface area contributed by atoms with Gasteiger partial charge in [0.1, 0.15) is 5.75 Å². The molecule has 0 aliphatic carbocycles. The van der Waals surface area contributed by atoms with Crippen molar-refractivity contribution in [1.29, 1.82) is 0 Å². The number of likely N-dealkylation sites (N-methyl/N-ethyl adjacent to an activating group) is 1. The molecule has 6 nitrogen and oxygen atoms in total. The molecule has 162 valence electrons. The summed E-state index contributed by atoms with van der Waals surface area (Å²) >= 11 is 0. The summed E-state index contributed by atoms with van der Waals surface area (Å²) in [6.07, 6.45) is -4.41. The predicted octanol–water partition coefficient (Wildman–Crippen LogP) is 3.39. The molecular weight excluding hydrogens is 395 g/mol. The van der Waals surface area contributed by atoms with E-state index in [0.29, 0.717) is 17.0 Å². The smallest absolute Gasteiger partial charge is 0.416 e. The lowest BCUT2D eigenvalue weighted by Gasteiger charge is -2.35. The molecule has 1 aliphatic rings. The second-order valence-electron chi connectivity index (χ2n) is 7.19. The van der Waals surface area contributed by atoms with Crippen molar-refractivity contribution in [2.45, 2.75) is 12.7 Å². The van der Waals surface area contributed by atoms with E-state index in [-0.39, 0.29) is 12.5 Å². The maximum absolute atomic E-state index is 13.2. The normalized spacial score (nSPS) is 15.9. The van der Waals surface area contributed by atoms with E-state index in [1.807, 2.05) is 7.05 Å². The molecular formula is C21H26F3N5O. The highest BCUT2D eigenvalue weighted by molar-refractivity contribution is 5.92. The van der Waals surface area contributed by atoms with Gasteiger partial charge in [-0.2, -0.15) is 13.2 Å². The number of halogens is 3. The van der Waals surface area contributed by atoms with Gasteiger partial charge in [0.15, 0.2) is 5.96 Å². The van der Waals surface area contributed by atoms with Crippen molar-refractivity contribution in [1.82, 2.24) is 4.90 Å². The number of piperazine rings is 1. The number of nitrogens with zero attached hydrogens (tertiary/aromatic N) is 3. The van der Waals surface area contributed by atoms with Crippen LogP contribution in [0.5, 0.6) is 5.75 Å². The molecule has 2 aromatic rings. The molecule has 3 rings (SSSR count). The third-order valence-electron chi connectivity index (χ3n) is 5.01. The third-order valence-corrected chi connectivity index (χ3v) is 5.01. The summed E-state index contributed by atoms with van der Waals surface area (Å²) in [6.45, 7) is 3.23. The Kier molecular flexibility index (Phi) is 6.71. The first-order chi connectivity index (χ1) is 14.3. The zero-order valence-electron chi connectivity index (χ0n) is 17.0. The third kappa shape index (κ3) is 5.56. The Morgan fingerprint density at radius 2 is 1.87 bits per heavy atom. The van der Waals surface area contributed by atoms with E-state index in [1.54, 1.807) is 31.4 Å². The zero-order valence-corrected chi connectivity index (χ0v) is 17.0. The average Bonchev–Trinajstić information content (AvgIpc) is 2.72. The van der Waals surface area contributed by atoms with Crippen LogP contribution in [0.1, 0.15) is 11.1 Å². The lowest BCUT2D eigenvalue weighted by atomic mass is 10.1. The van der Waals surface area contributed by atoms with Gasteiger partial charge >= 0.3 is 6.18 Å². The fourth-order valence-corrected chi connectivity index (χ4v) is 3.30. The minimum absolute atomic E-state index is 0.0361. The topological polar surface area (TPSA) is 66.1 Å². The molecule has 30 heavy (non-hydrogen) atoms. The van der Waals surface area contributed by atoms with Gasteiger partial charge in [-0.3, -0.25) is 0 Å². The number of methoxy groups -OCH3 is 1. The van der Waals surface area contributed by atoms with Crippen LogP contribution in [0.15, 0.2) is 47.5 Å². The van der Waals surface area contributed by atoms with Crippen LogP contribution < -0.4 is 20.7 Å². The standard InChI is InChI=1S/C21H26F3N5O/c1-28-8-10-29(11-9-28)19-7-6-16(21(22,23)24)12-15(19)14-26-20(25)27-17-4-3-5-18(13-17)30-2/h3-7,12-13H,8-11,14H2,1-2H3,(H3,25,26,27). The first kappa shape index (κ1) is 21.8. The Balaban J connectivity index is 1.81. The Morgan fingerprint density at radius 1 is 1.13 bits per heavy atom. The van der Waals surface area contributed by atoms with Crippen LogP contribution in [-0.2, 0) is 12.7 Å². The number of rotatable bonds is 5. The van der Waals surface area contributed by atoms with Crippen molar-refractivity contribution in [3.63, 3.8) is 0 Å². The van der Waals surface area contributed by atoms with Gasteiger partial charge in [-0.25, -0.2) is 4.99 Å². The molecule has 0 atom stereocenters. The van der Waals surface area contributed by atoms with Crippen molar-refractivity contribution in [3.8, 4) is 5.75 Å². The Morgan fingerprint density at radius 3 is 2.53 bits per heavy atom. The molecule has 0 radical (unpaired) electrons. The van der Waals surface area contributed by atoms with E-state index in [2.05, 4.69) is 20.1 Å². The second kappa shape index (κ2) is 9.25. The number of aliphatic imine (C=N–C) groups is 1. The van der Waals surface area contributed by atoms with Gasteiger partial charge in [-0.1, -0.05) is 6.07 Å². The molecule has 3 N–H and O–H groups in total. The van der Waals surface area contributed by atoms with Gasteiger partial charge < -0.3 is 25.6 Å². The first-order valence-electron chi connectivity index (χ1n) is 9.61. The van der Waals surface area contributed by atoms with Crippen molar-refractivity contribution in [2.75, 3.05) is 50.6 Å². The van der Waals surface area contributed by atoms with Crippen LogP contribution in [0.2, 0.25) is 0 Å². The van der Waals surface area contributed by atoms with Gasteiger partial charge in [0.25, 0.3) is 0 Å². The molecule has 1 fully saturated rings. The van der Waals surface area contributed by atoms with Crippen molar-refractivity contribution in [3.05, 3.63) is 53.6 Å². The molecule has 0 unspecified atom stereocenters. The van der Waals surface area contributed by atoms with E-state index in [4.69, 9.17) is 10.5 Å². The van der Waals surface area contributed by atoms with Gasteiger partial charge in [0.2, 0.25) is 0 Å². The van der Waals surface area contributed by atoms with Crippen LogP contribution in [0, 0.1) is 0 Å². The van der Waals surface area contributed by atoms with Gasteiger partial charge in [-0.15, -0.1) is 0 Å². The molecule has 1 saturated heterocycles. The molecule has 0 aromatic heterocycles. The van der Waals surface area contributed by atoms with Crippen LogP contribution in [0.3, 0.4) is 0 Å². The van der Waals surface area contributed by atoms with Gasteiger partial charge in [0.05, 0.1) is 19.2 Å². The van der Waals surface area contributed by atoms with Gasteiger partial charge in [-0.05, 0) is 42.9 Å². The fraction of sp³-hybridized carbons (Fsp3) is 0.381. The van der Waals surface area contributed by atoms with Crippen molar-refractivity contribution >= 4 is 17.3 Å². The minimum Gasteiger partial charge on any atom is -0.497 e. The number of anilines is 2. The maximum atomic E-state index is 13.2. The molecule has 2 aromatic carbocycles. The van der Waals surface area contributed by atoms with Crippen molar-refractivity contribution in [2.24, 2.45) is 10.7 Å². The highest BCUT2D eigenvalue weighted by Gasteiger charge is 2.31. The van der Waals surface area contributed by atoms with Crippen LogP contribution in [0.4, 0.5) is 24.5 Å². The van der Waals surface area contributed by atoms with Gasteiger partial charge in [0, 0.05) is 43.6 Å². The fourth-order valence-electron chi connectivity index (χ4n) is 3.30. The number of hydrogen-bond acceptors (Lipinski definition) is 4. The Labute approximate surface area is 174 Å². The molecule has 1 aliphatic heterocycles. The summed E-state index contributed by atoms with van der Waals surface area (Å²) in [7, 11) is 3.59. The number of guanidine groups is 1. The van der Waals surface area contributed by atoms with Crippen molar-refractivity contribution < 1.29 is 17.9 Å². The zero-order chi connectivity index (χ0) is 21.7. The lowest BCUT2D eigenvalue weighted by molar-refractivity contribution is -0.137. The number of alkyl halides is 3. The molecule has 9 heteroatoms. The SMILES string of the molecule is COc1cccc(NC(N)=NCc2cc(C(F)(F)F)ccc2N2CCN(C)CC2)c1. The van der Waals surface area contributed by atoms with E-state index < -0.39 is 11.7 Å². The highest BCUT2D eigenvalue weighted by Crippen LogP contribution is 2.33. The molecule has 0 amide bonds. The van der Waals surface area contributed by atoms with Crippen LogP contribution >= 0.6 is 0 Å². The van der Waals surface area contributed by atoms with E-state index >= 15 is 0 Å². The molecule has 0 spiro atoms. The second-order valence-corrected chi connectivity index (χ2v) is 7.19. The number of ether oxygens (including phenoxy) is 1. The minimum atomic E-state index is -4.41. The number of nitrogens with one attached hydrogen (secondary N) is 1. The van der Waals surface area contributed by atoms with E-state index in [0.717, 1.165) is 44.0 Å². The monoisotopic (exact) mass is 421 g/mol. The Hall–Kier alpha value is -2.94. The lowest BCUT2D eigenvalue weighted by Crippen LogP contribution is -2.44. The number of hydrogen-bond donors (Lipinski definition) is 2. The quantitative estimate of drug-likeness (QED) is 0.572. The average molecular weight is 421 g/mol. The highest BCUT2D eigenvalue weighted by atomic mass is 19.4. The summed E-state index contributed by atoms with van der Waals surface area (Å²) in [4.78, 5) is 8.56. The summed E-state index contributed by atoms with van der Waals surface area (Å²) < 4.78 is 44.9. The number of benzene rings is 2. The largest absolute Gasteiger partial charge is 0.497 e. The molecule has 0 bridgehead atoms. The summed E-state index contributed by atoms with van der Waals surface area (Å²) in [5.74, 6) is 0.771. The molecule has 0 saturated carbocycles. The Bertz CT molecular complexity index is 892. The molecule has 1 heterocycles. The summed E-state index contributed by atoms with van der Waals surface area (Å²) in [6, 6.07) is 11.0. The summed E-state index contributed by atoms with van der Waals surface area (Å²) in [5.41, 5.74) is 7.21. The summed E-state index contributed by atoms with van der Waals surface area (Å²) in [5, 5.41) is 2.94. The van der Waals surface area contributed by atoms with E-state index in [1.165, 1.54) is 6.07 Å². The maximum Gasteiger partial charge on any atom is 0.416 e. The first-order valence-corrected chi connectivity index (χ1v) is 9.61. The van der Waals surface area contributed by atoms with Crippen LogP contribution in [-0.4, -0.2) is 51.2 Å². The predicted molar refractivity (Wildman–Crippen MR) is 113 cm³/mol. The van der Waals surface area contributed by atoms with E-state index in [9.17, 15) is 13.2 Å².